The molecule has 0 fully saturated rings. The second kappa shape index (κ2) is 4.99. The first kappa shape index (κ1) is 11.0. The standard InChI is InChI=1S/C12H15BO/c1-3-11(14)12(13)9(2)10-7-5-4-6-8-10/h4-9,12H,3H2,1-2H3. The van der Waals surface area contributed by atoms with Gasteiger partial charge in [0.15, 0.2) is 0 Å². The number of hydrogen-bond donors (Lipinski definition) is 0. The first-order valence-electron chi connectivity index (χ1n) is 5.00. The maximum absolute atomic E-state index is 11.4. The number of ketones is 1. The Balaban J connectivity index is 2.75. The fourth-order valence-electron chi connectivity index (χ4n) is 1.48. The lowest BCUT2D eigenvalue weighted by molar-refractivity contribution is -0.118. The Bertz CT molecular complexity index is 294. The highest BCUT2D eigenvalue weighted by molar-refractivity contribution is 6.24. The summed E-state index contributed by atoms with van der Waals surface area (Å²) in [5, 5.41) is 0. The molecule has 0 aliphatic carbocycles. The van der Waals surface area contributed by atoms with Gasteiger partial charge in [0.1, 0.15) is 5.78 Å². The molecule has 1 nitrogen and oxygen atoms in total. The Hall–Kier alpha value is -1.05. The predicted octanol–water partition coefficient (Wildman–Crippen LogP) is 2.73. The van der Waals surface area contributed by atoms with Gasteiger partial charge in [-0.15, -0.1) is 0 Å². The zero-order valence-corrected chi connectivity index (χ0v) is 8.73. The third kappa shape index (κ3) is 2.47. The van der Waals surface area contributed by atoms with Crippen LogP contribution in [0.4, 0.5) is 0 Å². The number of Topliss-reactive ketones (excluding diaryl/α,β-unsaturated/α-hetero) is 1. The number of hydrogen-bond acceptors (Lipinski definition) is 1. The van der Waals surface area contributed by atoms with Crippen LogP contribution < -0.4 is 0 Å². The Morgan fingerprint density at radius 2 is 1.93 bits per heavy atom. The number of carbonyl (C=O) groups excluding carboxylic acids is 1. The van der Waals surface area contributed by atoms with E-state index in [1.807, 2.05) is 44.2 Å². The monoisotopic (exact) mass is 186 g/mol. The summed E-state index contributed by atoms with van der Waals surface area (Å²) in [6, 6.07) is 9.91. The summed E-state index contributed by atoms with van der Waals surface area (Å²) in [5.41, 5.74) is 1.13. The van der Waals surface area contributed by atoms with Crippen LogP contribution in [0.5, 0.6) is 0 Å². The van der Waals surface area contributed by atoms with Crippen LogP contribution in [-0.2, 0) is 4.79 Å². The van der Waals surface area contributed by atoms with Crippen LogP contribution in [0.25, 0.3) is 0 Å². The first-order chi connectivity index (χ1) is 6.66. The molecule has 0 saturated carbocycles. The van der Waals surface area contributed by atoms with E-state index >= 15 is 0 Å². The normalized spacial score (nSPS) is 14.7. The van der Waals surface area contributed by atoms with E-state index in [4.69, 9.17) is 7.85 Å². The van der Waals surface area contributed by atoms with E-state index in [0.29, 0.717) is 6.42 Å². The summed E-state index contributed by atoms with van der Waals surface area (Å²) in [6.07, 6.45) is 0.512. The van der Waals surface area contributed by atoms with E-state index < -0.39 is 0 Å². The second-order valence-corrected chi connectivity index (χ2v) is 3.55. The van der Waals surface area contributed by atoms with Gasteiger partial charge in [0.25, 0.3) is 0 Å². The first-order valence-corrected chi connectivity index (χ1v) is 5.00. The van der Waals surface area contributed by atoms with Crippen molar-refractivity contribution < 1.29 is 4.79 Å². The van der Waals surface area contributed by atoms with Gasteiger partial charge in [-0.3, -0.25) is 0 Å². The van der Waals surface area contributed by atoms with E-state index in [1.165, 1.54) is 0 Å². The van der Waals surface area contributed by atoms with Gasteiger partial charge >= 0.3 is 0 Å². The van der Waals surface area contributed by atoms with Gasteiger partial charge in [-0.2, -0.15) is 0 Å². The van der Waals surface area contributed by atoms with Crippen LogP contribution in [0.2, 0.25) is 5.82 Å². The number of carbonyl (C=O) groups is 1. The molecule has 0 aromatic heterocycles. The minimum atomic E-state index is -0.373. The molecule has 0 aliphatic heterocycles. The van der Waals surface area contributed by atoms with Crippen molar-refractivity contribution in [2.24, 2.45) is 0 Å². The molecule has 0 N–H and O–H groups in total. The zero-order chi connectivity index (χ0) is 10.6. The molecule has 2 atom stereocenters. The van der Waals surface area contributed by atoms with Crippen LogP contribution in [0.3, 0.4) is 0 Å². The van der Waals surface area contributed by atoms with E-state index in [-0.39, 0.29) is 17.5 Å². The SMILES string of the molecule is [B]C(C(=O)CC)C(C)c1ccccc1. The number of benzene rings is 1. The van der Waals surface area contributed by atoms with E-state index in [2.05, 4.69) is 0 Å². The molecule has 2 unspecified atom stereocenters. The average molecular weight is 186 g/mol. The summed E-state index contributed by atoms with van der Waals surface area (Å²) in [4.78, 5) is 11.4. The molecule has 0 bridgehead atoms. The van der Waals surface area contributed by atoms with Gasteiger partial charge in [0.2, 0.25) is 0 Å². The summed E-state index contributed by atoms with van der Waals surface area (Å²) in [6.45, 7) is 3.84. The minimum Gasteiger partial charge on any atom is -0.300 e. The molecular weight excluding hydrogens is 171 g/mol. The van der Waals surface area contributed by atoms with Gasteiger partial charge in [0.05, 0.1) is 7.85 Å². The quantitative estimate of drug-likeness (QED) is 0.660. The Labute approximate surface area is 86.9 Å². The molecule has 0 heterocycles. The van der Waals surface area contributed by atoms with Gasteiger partial charge in [0, 0.05) is 6.42 Å². The topological polar surface area (TPSA) is 17.1 Å². The van der Waals surface area contributed by atoms with E-state index in [9.17, 15) is 4.79 Å². The Morgan fingerprint density at radius 1 is 1.36 bits per heavy atom. The molecule has 2 radical (unpaired) electrons. The molecule has 1 rings (SSSR count). The summed E-state index contributed by atoms with van der Waals surface area (Å²) >= 11 is 0. The third-order valence-electron chi connectivity index (χ3n) is 2.58. The largest absolute Gasteiger partial charge is 0.300 e. The van der Waals surface area contributed by atoms with Crippen molar-refractivity contribution in [1.82, 2.24) is 0 Å². The van der Waals surface area contributed by atoms with Gasteiger partial charge in [-0.25, -0.2) is 0 Å². The number of rotatable bonds is 4. The Morgan fingerprint density at radius 3 is 2.43 bits per heavy atom. The molecule has 0 amide bonds. The van der Waals surface area contributed by atoms with Gasteiger partial charge < -0.3 is 4.79 Å². The lowest BCUT2D eigenvalue weighted by Crippen LogP contribution is -2.14. The van der Waals surface area contributed by atoms with Crippen molar-refractivity contribution >= 4 is 13.6 Å². The summed E-state index contributed by atoms with van der Waals surface area (Å²) in [7, 11) is 5.85. The van der Waals surface area contributed by atoms with Crippen molar-refractivity contribution in [2.75, 3.05) is 0 Å². The molecule has 2 heteroatoms. The molecule has 1 aromatic rings. The van der Waals surface area contributed by atoms with Crippen LogP contribution in [0, 0.1) is 0 Å². The molecule has 0 aliphatic rings. The maximum atomic E-state index is 11.4. The summed E-state index contributed by atoms with van der Waals surface area (Å²) < 4.78 is 0. The summed E-state index contributed by atoms with van der Waals surface area (Å²) in [5.74, 6) is -0.146. The third-order valence-corrected chi connectivity index (χ3v) is 2.58. The molecule has 72 valence electrons. The van der Waals surface area contributed by atoms with Gasteiger partial charge in [-0.05, 0) is 17.3 Å². The van der Waals surface area contributed by atoms with Crippen LogP contribution in [-0.4, -0.2) is 13.6 Å². The Kier molecular flexibility index (Phi) is 3.93. The molecule has 0 saturated heterocycles. The average Bonchev–Trinajstić information content (AvgIpc) is 2.27. The van der Waals surface area contributed by atoms with Crippen molar-refractivity contribution in [3.05, 3.63) is 35.9 Å². The van der Waals surface area contributed by atoms with E-state index in [1.54, 1.807) is 0 Å². The molecule has 0 spiro atoms. The van der Waals surface area contributed by atoms with Crippen molar-refractivity contribution in [2.45, 2.75) is 32.0 Å². The van der Waals surface area contributed by atoms with Crippen molar-refractivity contribution in [1.29, 1.82) is 0 Å². The fraction of sp³-hybridized carbons (Fsp3) is 0.417. The highest BCUT2D eigenvalue weighted by Crippen LogP contribution is 2.27. The maximum Gasteiger partial charge on any atom is 0.127 e. The van der Waals surface area contributed by atoms with Crippen molar-refractivity contribution in [3.8, 4) is 0 Å². The highest BCUT2D eigenvalue weighted by Gasteiger charge is 2.18. The van der Waals surface area contributed by atoms with Crippen LogP contribution >= 0.6 is 0 Å². The molecular formula is C12H15BO. The lowest BCUT2D eigenvalue weighted by atomic mass is 9.71. The highest BCUT2D eigenvalue weighted by atomic mass is 16.1. The van der Waals surface area contributed by atoms with Crippen LogP contribution in [0.1, 0.15) is 31.7 Å². The molecule has 14 heavy (non-hydrogen) atoms. The van der Waals surface area contributed by atoms with E-state index in [0.717, 1.165) is 5.56 Å². The smallest absolute Gasteiger partial charge is 0.127 e. The molecule has 1 aromatic carbocycles. The second-order valence-electron chi connectivity index (χ2n) is 3.55. The van der Waals surface area contributed by atoms with Crippen LogP contribution in [0.15, 0.2) is 30.3 Å². The van der Waals surface area contributed by atoms with Gasteiger partial charge in [-0.1, -0.05) is 44.2 Å². The minimum absolute atomic E-state index is 0.101. The fourth-order valence-corrected chi connectivity index (χ4v) is 1.48. The predicted molar refractivity (Wildman–Crippen MR) is 59.7 cm³/mol. The zero-order valence-electron chi connectivity index (χ0n) is 8.73. The lowest BCUT2D eigenvalue weighted by Gasteiger charge is -2.18. The van der Waals surface area contributed by atoms with Crippen molar-refractivity contribution in [3.63, 3.8) is 0 Å².